The van der Waals surface area contributed by atoms with Crippen LogP contribution < -0.4 is 15.4 Å². The van der Waals surface area contributed by atoms with Crippen LogP contribution in [0, 0.1) is 11.2 Å². The Kier molecular flexibility index (Phi) is 12.4. The first-order valence-electron chi connectivity index (χ1n) is 10.5. The van der Waals surface area contributed by atoms with E-state index in [0.29, 0.717) is 18.3 Å². The van der Waals surface area contributed by atoms with Gasteiger partial charge in [-0.05, 0) is 61.4 Å². The molecule has 2 rings (SSSR count). The fraction of sp³-hybridized carbons (Fsp3) is 0.478. The van der Waals surface area contributed by atoms with Gasteiger partial charge in [-0.15, -0.1) is 24.0 Å². The molecule has 0 fully saturated rings. The molecular formula is C23H34FIN4O2. The molecule has 1 aromatic carbocycles. The molecule has 0 aliphatic carbocycles. The number of benzene rings is 1. The van der Waals surface area contributed by atoms with E-state index in [1.165, 1.54) is 12.3 Å². The zero-order valence-corrected chi connectivity index (χ0v) is 20.9. The molecule has 6 nitrogen and oxygen atoms in total. The topological polar surface area (TPSA) is 78.8 Å². The van der Waals surface area contributed by atoms with Gasteiger partial charge in [-0.25, -0.2) is 9.38 Å². The molecule has 0 amide bonds. The Balaban J connectivity index is 0.00000480. The Morgan fingerprint density at radius 3 is 2.55 bits per heavy atom. The average Bonchev–Trinajstić information content (AvgIpc) is 2.77. The number of aliphatic imine (C=N–C) groups is 1. The standard InChI is InChI=1S/C23H33FN4O2.HI/c1-4-23(5-2,11-13-29)17-28-22(26-6-3)27-15-18-9-10-21(20(24)14-18)30-19-8-7-12-25-16-19;/h7-10,12,14,16,29H,4-6,11,13,15,17H2,1-3H3,(H2,26,27,28);1H. The van der Waals surface area contributed by atoms with Crippen molar-refractivity contribution in [2.75, 3.05) is 19.7 Å². The Bertz CT molecular complexity index is 801. The minimum absolute atomic E-state index is 0. The van der Waals surface area contributed by atoms with Crippen LogP contribution in [-0.2, 0) is 6.54 Å². The van der Waals surface area contributed by atoms with Gasteiger partial charge in [-0.1, -0.05) is 19.9 Å². The molecule has 2 aromatic rings. The highest BCUT2D eigenvalue weighted by Crippen LogP contribution is 2.29. The van der Waals surface area contributed by atoms with Crippen LogP contribution in [0.15, 0.2) is 47.7 Å². The molecule has 0 atom stereocenters. The van der Waals surface area contributed by atoms with E-state index < -0.39 is 5.82 Å². The highest BCUT2D eigenvalue weighted by molar-refractivity contribution is 14.0. The summed E-state index contributed by atoms with van der Waals surface area (Å²) >= 11 is 0. The van der Waals surface area contributed by atoms with E-state index in [-0.39, 0.29) is 41.7 Å². The lowest BCUT2D eigenvalue weighted by Crippen LogP contribution is -2.43. The Morgan fingerprint density at radius 1 is 1.19 bits per heavy atom. The third-order valence-electron chi connectivity index (χ3n) is 5.40. The Hall–Kier alpha value is -1.94. The first kappa shape index (κ1) is 27.1. The van der Waals surface area contributed by atoms with Crippen molar-refractivity contribution in [3.8, 4) is 11.5 Å². The Labute approximate surface area is 201 Å². The molecule has 0 saturated carbocycles. The molecule has 0 unspecified atom stereocenters. The van der Waals surface area contributed by atoms with Gasteiger partial charge in [0.05, 0.1) is 12.7 Å². The normalized spacial score (nSPS) is 11.6. The van der Waals surface area contributed by atoms with E-state index in [0.717, 1.165) is 37.9 Å². The van der Waals surface area contributed by atoms with Crippen LogP contribution in [0.2, 0.25) is 0 Å². The van der Waals surface area contributed by atoms with E-state index in [9.17, 15) is 9.50 Å². The zero-order chi connectivity index (χ0) is 21.8. The number of rotatable bonds is 11. The molecule has 0 bridgehead atoms. The molecule has 0 aliphatic rings. The largest absolute Gasteiger partial charge is 0.453 e. The molecule has 1 heterocycles. The molecule has 8 heteroatoms. The second-order valence-corrected chi connectivity index (χ2v) is 7.28. The van der Waals surface area contributed by atoms with Crippen molar-refractivity contribution in [3.63, 3.8) is 0 Å². The van der Waals surface area contributed by atoms with Gasteiger partial charge in [0.15, 0.2) is 17.5 Å². The summed E-state index contributed by atoms with van der Waals surface area (Å²) in [5.74, 6) is 0.876. The summed E-state index contributed by atoms with van der Waals surface area (Å²) in [6.07, 6.45) is 5.86. The third kappa shape index (κ3) is 8.60. The molecular weight excluding hydrogens is 510 g/mol. The number of hydrogen-bond donors (Lipinski definition) is 3. The molecule has 31 heavy (non-hydrogen) atoms. The summed E-state index contributed by atoms with van der Waals surface area (Å²) < 4.78 is 20.0. The first-order chi connectivity index (χ1) is 14.6. The second kappa shape index (κ2) is 14.2. The van der Waals surface area contributed by atoms with Crippen LogP contribution >= 0.6 is 24.0 Å². The number of nitrogens with zero attached hydrogens (tertiary/aromatic N) is 2. The molecule has 1 aromatic heterocycles. The lowest BCUT2D eigenvalue weighted by atomic mass is 9.79. The Morgan fingerprint density at radius 2 is 1.97 bits per heavy atom. The van der Waals surface area contributed by atoms with E-state index in [1.54, 1.807) is 30.5 Å². The van der Waals surface area contributed by atoms with Gasteiger partial charge in [0.2, 0.25) is 0 Å². The fourth-order valence-electron chi connectivity index (χ4n) is 3.22. The minimum Gasteiger partial charge on any atom is -0.453 e. The van der Waals surface area contributed by atoms with E-state index in [4.69, 9.17) is 4.74 Å². The van der Waals surface area contributed by atoms with Gasteiger partial charge in [0, 0.05) is 25.9 Å². The number of hydrogen-bond acceptors (Lipinski definition) is 4. The summed E-state index contributed by atoms with van der Waals surface area (Å²) in [6.45, 7) is 8.24. The van der Waals surface area contributed by atoms with Gasteiger partial charge in [0.1, 0.15) is 5.75 Å². The predicted octanol–water partition coefficient (Wildman–Crippen LogP) is 4.87. The van der Waals surface area contributed by atoms with Crippen molar-refractivity contribution in [3.05, 3.63) is 54.1 Å². The second-order valence-electron chi connectivity index (χ2n) is 7.28. The number of guanidine groups is 1. The fourth-order valence-corrected chi connectivity index (χ4v) is 3.22. The molecule has 0 saturated heterocycles. The number of pyridine rings is 1. The van der Waals surface area contributed by atoms with Crippen molar-refractivity contribution < 1.29 is 14.2 Å². The monoisotopic (exact) mass is 544 g/mol. The maximum atomic E-state index is 14.4. The first-order valence-corrected chi connectivity index (χ1v) is 10.5. The molecule has 3 N–H and O–H groups in total. The van der Waals surface area contributed by atoms with Crippen LogP contribution in [0.1, 0.15) is 45.6 Å². The maximum Gasteiger partial charge on any atom is 0.191 e. The highest BCUT2D eigenvalue weighted by atomic mass is 127. The van der Waals surface area contributed by atoms with Crippen LogP contribution in [-0.4, -0.2) is 35.7 Å². The predicted molar refractivity (Wildman–Crippen MR) is 134 cm³/mol. The van der Waals surface area contributed by atoms with Crippen molar-refractivity contribution >= 4 is 29.9 Å². The number of nitrogens with one attached hydrogen (secondary N) is 2. The number of aliphatic hydroxyl groups is 1. The summed E-state index contributed by atoms with van der Waals surface area (Å²) in [7, 11) is 0. The number of halogens is 2. The van der Waals surface area contributed by atoms with E-state index in [1.807, 2.05) is 6.92 Å². The van der Waals surface area contributed by atoms with Gasteiger partial charge in [-0.2, -0.15) is 0 Å². The quantitative estimate of drug-likeness (QED) is 0.214. The number of aromatic nitrogens is 1. The van der Waals surface area contributed by atoms with Crippen molar-refractivity contribution in [1.82, 2.24) is 15.6 Å². The molecule has 172 valence electrons. The molecule has 0 radical (unpaired) electrons. The van der Waals surface area contributed by atoms with E-state index in [2.05, 4.69) is 34.5 Å². The SMILES string of the molecule is CCNC(=NCc1ccc(Oc2cccnc2)c(F)c1)NCC(CC)(CC)CCO.I. The smallest absolute Gasteiger partial charge is 0.191 e. The average molecular weight is 544 g/mol. The van der Waals surface area contributed by atoms with Crippen LogP contribution in [0.5, 0.6) is 11.5 Å². The van der Waals surface area contributed by atoms with Crippen LogP contribution in [0.3, 0.4) is 0 Å². The van der Waals surface area contributed by atoms with Gasteiger partial charge in [0.25, 0.3) is 0 Å². The lowest BCUT2D eigenvalue weighted by Gasteiger charge is -2.32. The van der Waals surface area contributed by atoms with Crippen LogP contribution in [0.25, 0.3) is 0 Å². The minimum atomic E-state index is -0.441. The lowest BCUT2D eigenvalue weighted by molar-refractivity contribution is 0.169. The molecule has 0 aliphatic heterocycles. The highest BCUT2D eigenvalue weighted by Gasteiger charge is 2.25. The van der Waals surface area contributed by atoms with E-state index >= 15 is 0 Å². The van der Waals surface area contributed by atoms with Crippen LogP contribution in [0.4, 0.5) is 4.39 Å². The zero-order valence-electron chi connectivity index (χ0n) is 18.5. The summed E-state index contributed by atoms with van der Waals surface area (Å²) in [6, 6.07) is 8.30. The summed E-state index contributed by atoms with van der Waals surface area (Å²) in [5, 5.41) is 16.0. The summed E-state index contributed by atoms with van der Waals surface area (Å²) in [4.78, 5) is 8.54. The number of ether oxygens (including phenoxy) is 1. The maximum absolute atomic E-state index is 14.4. The van der Waals surface area contributed by atoms with Gasteiger partial charge >= 0.3 is 0 Å². The summed E-state index contributed by atoms with van der Waals surface area (Å²) in [5.41, 5.74) is 0.776. The van der Waals surface area contributed by atoms with Gasteiger partial charge < -0.3 is 20.5 Å². The third-order valence-corrected chi connectivity index (χ3v) is 5.40. The van der Waals surface area contributed by atoms with Crippen molar-refractivity contribution in [2.45, 2.75) is 46.6 Å². The van der Waals surface area contributed by atoms with Gasteiger partial charge in [-0.3, -0.25) is 4.98 Å². The van der Waals surface area contributed by atoms with Crippen molar-refractivity contribution in [1.29, 1.82) is 0 Å². The molecule has 0 spiro atoms. The van der Waals surface area contributed by atoms with Crippen molar-refractivity contribution in [2.24, 2.45) is 10.4 Å². The number of aliphatic hydroxyl groups excluding tert-OH is 1.